The van der Waals surface area contributed by atoms with Crippen LogP contribution in [0.25, 0.3) is 65.8 Å². The third kappa shape index (κ3) is 5.89. The van der Waals surface area contributed by atoms with Gasteiger partial charge in [0.05, 0.1) is 22.1 Å². The van der Waals surface area contributed by atoms with Crippen molar-refractivity contribution in [3.8, 4) is 11.4 Å². The highest BCUT2D eigenvalue weighted by Crippen LogP contribution is 2.42. The van der Waals surface area contributed by atoms with Gasteiger partial charge in [-0.15, -0.1) is 0 Å². The van der Waals surface area contributed by atoms with Gasteiger partial charge in [-0.3, -0.25) is 0 Å². The minimum Gasteiger partial charge on any atom is -0.309 e. The fourth-order valence-electron chi connectivity index (χ4n) is 8.22. The van der Waals surface area contributed by atoms with E-state index in [1.54, 1.807) is 0 Å². The predicted octanol–water partition coefficient (Wildman–Crippen LogP) is 14.8. The molecule has 0 amide bonds. The summed E-state index contributed by atoms with van der Waals surface area (Å²) in [5.41, 5.74) is 10.6. The maximum Gasteiger partial charge on any atom is 0.0558 e. The van der Waals surface area contributed by atoms with Crippen molar-refractivity contribution in [1.82, 2.24) is 9.13 Å². The largest absolute Gasteiger partial charge is 0.309 e. The minimum absolute atomic E-state index is 1.05. The van der Waals surface area contributed by atoms with E-state index in [9.17, 15) is 0 Å². The van der Waals surface area contributed by atoms with E-state index >= 15 is 0 Å². The molecule has 0 N–H and O–H groups in total. The fraction of sp³-hybridized carbons (Fsp3) is 0.261. The Balaban J connectivity index is 1.45. The molecule has 0 fully saturated rings. The number of aromatic nitrogens is 2. The Kier molecular flexibility index (Phi) is 9.59. The van der Waals surface area contributed by atoms with Crippen LogP contribution in [0, 0.1) is 0 Å². The summed E-state index contributed by atoms with van der Waals surface area (Å²) in [5.74, 6) is 0. The van der Waals surface area contributed by atoms with Gasteiger partial charge in [-0.2, -0.15) is 0 Å². The summed E-state index contributed by atoms with van der Waals surface area (Å²) in [6, 6.07) is 41.1. The maximum atomic E-state index is 3.99. The smallest absolute Gasteiger partial charge is 0.0558 e. The summed E-state index contributed by atoms with van der Waals surface area (Å²) in [7, 11) is 0. The molecule has 0 spiro atoms. The van der Waals surface area contributed by atoms with E-state index in [1.807, 2.05) is 0 Å². The van der Waals surface area contributed by atoms with Gasteiger partial charge in [0.15, 0.2) is 0 Å². The monoisotopic (exact) mass is 782 g/mol. The van der Waals surface area contributed by atoms with Crippen LogP contribution in [-0.2, 0) is 12.8 Å². The molecule has 0 bridgehead atoms. The molecule has 0 atom stereocenters. The summed E-state index contributed by atoms with van der Waals surface area (Å²) in [6.45, 7) is 4.61. The van der Waals surface area contributed by atoms with Crippen LogP contribution in [0.2, 0.25) is 0 Å². The number of fused-ring (bicyclic) bond motifs is 8. The van der Waals surface area contributed by atoms with Crippen molar-refractivity contribution >= 4 is 86.2 Å². The highest BCUT2D eigenvalue weighted by molar-refractivity contribution is 9.11. The van der Waals surface area contributed by atoms with Gasteiger partial charge >= 0.3 is 0 Å². The van der Waals surface area contributed by atoms with Crippen molar-refractivity contribution in [1.29, 1.82) is 0 Å². The lowest BCUT2D eigenvalue weighted by molar-refractivity contribution is 0.661. The fourth-order valence-corrected chi connectivity index (χ4v) is 9.14. The molecule has 0 radical (unpaired) electrons. The number of aryl methyl sites for hydroxylation is 2. The zero-order chi connectivity index (χ0) is 34.2. The van der Waals surface area contributed by atoms with Crippen LogP contribution in [0.4, 0.5) is 0 Å². The normalized spacial score (nSPS) is 12.0. The lowest BCUT2D eigenvalue weighted by Crippen LogP contribution is -2.07. The Morgan fingerprint density at radius 2 is 0.960 bits per heavy atom. The number of hydrogen-bond donors (Lipinski definition) is 0. The van der Waals surface area contributed by atoms with Gasteiger partial charge in [0.25, 0.3) is 0 Å². The number of rotatable bonds is 12. The lowest BCUT2D eigenvalue weighted by Gasteiger charge is -2.21. The molecule has 0 saturated carbocycles. The summed E-state index contributed by atoms with van der Waals surface area (Å²) < 4.78 is 7.40. The van der Waals surface area contributed by atoms with E-state index in [0.29, 0.717) is 0 Å². The van der Waals surface area contributed by atoms with Crippen LogP contribution in [0.3, 0.4) is 0 Å². The molecule has 8 aromatic rings. The van der Waals surface area contributed by atoms with Gasteiger partial charge in [-0.05, 0) is 96.1 Å². The quantitative estimate of drug-likeness (QED) is 0.109. The first-order valence-electron chi connectivity index (χ1n) is 18.5. The molecule has 50 heavy (non-hydrogen) atoms. The molecule has 2 heterocycles. The molecule has 2 nitrogen and oxygen atoms in total. The molecule has 0 aliphatic heterocycles. The van der Waals surface area contributed by atoms with Crippen LogP contribution in [0.5, 0.6) is 0 Å². The van der Waals surface area contributed by atoms with E-state index in [2.05, 4.69) is 164 Å². The lowest BCUT2D eigenvalue weighted by atomic mass is 9.97. The Labute approximate surface area is 312 Å². The maximum absolute atomic E-state index is 3.99. The van der Waals surface area contributed by atoms with Crippen molar-refractivity contribution < 1.29 is 0 Å². The van der Waals surface area contributed by atoms with Crippen LogP contribution in [0.1, 0.15) is 76.3 Å². The van der Waals surface area contributed by atoms with E-state index < -0.39 is 0 Å². The van der Waals surface area contributed by atoms with Crippen LogP contribution < -0.4 is 0 Å². The predicted molar refractivity (Wildman–Crippen MR) is 224 cm³/mol. The van der Waals surface area contributed by atoms with Gasteiger partial charge in [0.2, 0.25) is 0 Å². The topological polar surface area (TPSA) is 9.86 Å². The molecule has 0 unspecified atom stereocenters. The molecule has 0 aliphatic rings. The zero-order valence-electron chi connectivity index (χ0n) is 29.1. The third-order valence-electron chi connectivity index (χ3n) is 10.6. The molecule has 0 saturated heterocycles. The molecule has 4 heteroatoms. The second-order valence-corrected chi connectivity index (χ2v) is 15.7. The van der Waals surface area contributed by atoms with Gasteiger partial charge < -0.3 is 9.13 Å². The first-order valence-corrected chi connectivity index (χ1v) is 20.1. The van der Waals surface area contributed by atoms with Crippen molar-refractivity contribution in [2.45, 2.75) is 78.1 Å². The molecule has 0 aliphatic carbocycles. The van der Waals surface area contributed by atoms with Crippen LogP contribution >= 0.6 is 31.9 Å². The number of benzene rings is 6. The highest BCUT2D eigenvalue weighted by atomic mass is 79.9. The van der Waals surface area contributed by atoms with E-state index in [1.165, 1.54) is 128 Å². The van der Waals surface area contributed by atoms with Crippen LogP contribution in [-0.4, -0.2) is 9.13 Å². The van der Waals surface area contributed by atoms with E-state index in [4.69, 9.17) is 0 Å². The second kappa shape index (κ2) is 14.4. The summed E-state index contributed by atoms with van der Waals surface area (Å²) in [6.07, 6.45) is 12.0. The number of hydrogen-bond acceptors (Lipinski definition) is 0. The zero-order valence-corrected chi connectivity index (χ0v) is 32.3. The Bertz CT molecular complexity index is 2500. The molecule has 6 aromatic carbocycles. The Morgan fingerprint density at radius 3 is 1.60 bits per heavy atom. The van der Waals surface area contributed by atoms with E-state index in [-0.39, 0.29) is 0 Å². The first kappa shape index (κ1) is 33.3. The number of nitrogens with zero attached hydrogens (tertiary/aromatic N) is 2. The van der Waals surface area contributed by atoms with Crippen molar-refractivity contribution in [3.63, 3.8) is 0 Å². The second-order valence-electron chi connectivity index (χ2n) is 13.9. The summed E-state index contributed by atoms with van der Waals surface area (Å²) >= 11 is 7.77. The Morgan fingerprint density at radius 1 is 0.440 bits per heavy atom. The molecule has 8 rings (SSSR count). The Hall–Kier alpha value is -3.86. The number of halogens is 2. The van der Waals surface area contributed by atoms with Crippen molar-refractivity contribution in [2.24, 2.45) is 0 Å². The molecular formula is C46H44Br2N2. The molecule has 252 valence electrons. The summed E-state index contributed by atoms with van der Waals surface area (Å²) in [5, 5.41) is 7.78. The average Bonchev–Trinajstić information content (AvgIpc) is 3.64. The van der Waals surface area contributed by atoms with Gasteiger partial charge in [0.1, 0.15) is 0 Å². The van der Waals surface area contributed by atoms with Crippen LogP contribution in [0.15, 0.2) is 118 Å². The standard InChI is InChI=1S/C46H44Br2N2/c1-3-5-7-9-17-31-28-44(50-41-24-16-14-22-37(41)46-36-21-12-11-19-34(36)39(48)30-45(46)50)32(18-10-8-6-4-2)27-43(31)49-40-23-15-13-20-35(40)38-29-33(47)25-26-42(38)49/h11-16,19-30H,3-10,17-18H2,1-2H3. The van der Waals surface area contributed by atoms with Gasteiger partial charge in [-0.1, -0.05) is 145 Å². The van der Waals surface area contributed by atoms with E-state index in [0.717, 1.165) is 21.8 Å². The van der Waals surface area contributed by atoms with Crippen molar-refractivity contribution in [3.05, 3.63) is 129 Å². The number of unbranched alkanes of at least 4 members (excludes halogenated alkanes) is 6. The van der Waals surface area contributed by atoms with Gasteiger partial charge in [0, 0.05) is 41.9 Å². The average molecular weight is 785 g/mol. The summed E-state index contributed by atoms with van der Waals surface area (Å²) in [4.78, 5) is 0. The molecular weight excluding hydrogens is 740 g/mol. The third-order valence-corrected chi connectivity index (χ3v) is 11.8. The highest BCUT2D eigenvalue weighted by Gasteiger charge is 2.22. The first-order chi connectivity index (χ1) is 24.6. The molecule has 2 aromatic heterocycles. The SMILES string of the molecule is CCCCCCc1cc(-n2c3ccccc3c3c4ccccc4c(Br)cc32)c(CCCCCC)cc1-n1c2ccccc2c2cc(Br)ccc21. The number of para-hydroxylation sites is 2. The van der Waals surface area contributed by atoms with Crippen molar-refractivity contribution in [2.75, 3.05) is 0 Å². The van der Waals surface area contributed by atoms with Gasteiger partial charge in [-0.25, -0.2) is 0 Å². The minimum atomic E-state index is 1.05.